The van der Waals surface area contributed by atoms with Crippen molar-refractivity contribution in [1.82, 2.24) is 15.1 Å². The van der Waals surface area contributed by atoms with Gasteiger partial charge in [0.2, 0.25) is 0 Å². The lowest BCUT2D eigenvalue weighted by molar-refractivity contribution is -0.0586. The summed E-state index contributed by atoms with van der Waals surface area (Å²) in [5.74, 6) is 2.42. The molecule has 1 N–H and O–H groups in total. The van der Waals surface area contributed by atoms with E-state index in [2.05, 4.69) is 29.1 Å². The van der Waals surface area contributed by atoms with Crippen LogP contribution < -0.4 is 5.32 Å². The highest BCUT2D eigenvalue weighted by atomic mass is 16.5. The zero-order valence-electron chi connectivity index (χ0n) is 18.5. The number of aliphatic imine (C=N–C) groups is 1. The molecule has 0 spiro atoms. The van der Waals surface area contributed by atoms with Gasteiger partial charge in [-0.1, -0.05) is 26.0 Å². The molecule has 1 aromatic carbocycles. The first-order valence-electron chi connectivity index (χ1n) is 10.8. The van der Waals surface area contributed by atoms with Crippen molar-refractivity contribution in [2.75, 3.05) is 33.2 Å². The van der Waals surface area contributed by atoms with E-state index in [4.69, 9.17) is 4.74 Å². The van der Waals surface area contributed by atoms with Gasteiger partial charge in [-0.2, -0.15) is 0 Å². The van der Waals surface area contributed by atoms with Crippen molar-refractivity contribution in [2.45, 2.75) is 52.9 Å². The number of hydrogen-bond acceptors (Lipinski definition) is 3. The van der Waals surface area contributed by atoms with Gasteiger partial charge in [-0.3, -0.25) is 9.79 Å². The number of amides is 1. The third kappa shape index (κ3) is 5.72. The van der Waals surface area contributed by atoms with Crippen molar-refractivity contribution in [3.8, 4) is 0 Å². The first kappa shape index (κ1) is 21.6. The Balaban J connectivity index is 1.56. The number of carbonyl (C=O) groups is 1. The molecule has 0 saturated carbocycles. The van der Waals surface area contributed by atoms with Crippen LogP contribution in [-0.4, -0.2) is 67.1 Å². The largest absolute Gasteiger partial charge is 0.372 e. The summed E-state index contributed by atoms with van der Waals surface area (Å²) in [5.41, 5.74) is 1.88. The van der Waals surface area contributed by atoms with Gasteiger partial charge in [0, 0.05) is 45.3 Å². The van der Waals surface area contributed by atoms with Gasteiger partial charge in [0.1, 0.15) is 0 Å². The predicted molar refractivity (Wildman–Crippen MR) is 117 cm³/mol. The smallest absolute Gasteiger partial charge is 0.254 e. The highest BCUT2D eigenvalue weighted by molar-refractivity contribution is 5.94. The van der Waals surface area contributed by atoms with Crippen molar-refractivity contribution in [3.05, 3.63) is 35.4 Å². The molecular weight excluding hydrogens is 364 g/mol. The Bertz CT molecular complexity index is 698. The lowest BCUT2D eigenvalue weighted by atomic mass is 9.92. The minimum atomic E-state index is 0.0816. The number of morpholine rings is 1. The number of ether oxygens (including phenoxy) is 1. The predicted octanol–water partition coefficient (Wildman–Crippen LogP) is 2.99. The van der Waals surface area contributed by atoms with Gasteiger partial charge in [-0.15, -0.1) is 0 Å². The van der Waals surface area contributed by atoms with Crippen LogP contribution in [-0.2, 0) is 11.3 Å². The molecule has 3 rings (SSSR count). The monoisotopic (exact) mass is 400 g/mol. The van der Waals surface area contributed by atoms with Crippen molar-refractivity contribution in [3.63, 3.8) is 0 Å². The summed E-state index contributed by atoms with van der Waals surface area (Å²) in [6, 6.07) is 7.92. The number of guanidine groups is 1. The number of hydrogen-bond donors (Lipinski definition) is 1. The Morgan fingerprint density at radius 1 is 1.00 bits per heavy atom. The molecule has 160 valence electrons. The van der Waals surface area contributed by atoms with E-state index in [1.807, 2.05) is 50.1 Å². The second kappa shape index (κ2) is 9.61. The lowest BCUT2D eigenvalue weighted by Gasteiger charge is -2.37. The Hall–Kier alpha value is -2.08. The Kier molecular flexibility index (Phi) is 7.17. The van der Waals surface area contributed by atoms with Crippen molar-refractivity contribution in [1.29, 1.82) is 0 Å². The molecule has 2 aliphatic heterocycles. The third-order valence-electron chi connectivity index (χ3n) is 5.74. The summed E-state index contributed by atoms with van der Waals surface area (Å²) in [6.45, 7) is 12.7. The molecule has 2 fully saturated rings. The molecular formula is C23H36N4O2. The van der Waals surface area contributed by atoms with Crippen LogP contribution >= 0.6 is 0 Å². The van der Waals surface area contributed by atoms with Gasteiger partial charge < -0.3 is 19.9 Å². The second-order valence-corrected chi connectivity index (χ2v) is 8.92. The molecule has 4 unspecified atom stereocenters. The van der Waals surface area contributed by atoms with Crippen LogP contribution in [0.1, 0.15) is 50.0 Å². The highest BCUT2D eigenvalue weighted by Crippen LogP contribution is 2.21. The fraction of sp³-hybridized carbons (Fsp3) is 0.652. The summed E-state index contributed by atoms with van der Waals surface area (Å²) in [6.07, 6.45) is 1.44. The highest BCUT2D eigenvalue weighted by Gasteiger charge is 2.27. The van der Waals surface area contributed by atoms with Crippen LogP contribution in [0.3, 0.4) is 0 Å². The summed E-state index contributed by atoms with van der Waals surface area (Å²) < 4.78 is 5.73. The quantitative estimate of drug-likeness (QED) is 0.626. The van der Waals surface area contributed by atoms with Crippen LogP contribution in [0.25, 0.3) is 0 Å². The first-order valence-corrected chi connectivity index (χ1v) is 10.8. The normalized spacial score (nSPS) is 28.4. The summed E-state index contributed by atoms with van der Waals surface area (Å²) in [4.78, 5) is 21.5. The molecule has 2 aliphatic rings. The zero-order chi connectivity index (χ0) is 21.0. The zero-order valence-corrected chi connectivity index (χ0v) is 18.5. The maximum Gasteiger partial charge on any atom is 0.254 e. The molecule has 29 heavy (non-hydrogen) atoms. The van der Waals surface area contributed by atoms with Gasteiger partial charge in [-0.25, -0.2) is 0 Å². The number of carbonyl (C=O) groups excluding carboxylic acids is 1. The van der Waals surface area contributed by atoms with Crippen LogP contribution in [0.2, 0.25) is 0 Å². The number of nitrogens with one attached hydrogen (secondary N) is 1. The van der Waals surface area contributed by atoms with Gasteiger partial charge in [0.25, 0.3) is 5.91 Å². The molecule has 2 saturated heterocycles. The number of nitrogens with zero attached hydrogens (tertiary/aromatic N) is 3. The SMILES string of the molecule is CN=C(NCc1ccc(C(=O)N2CC(C)OC(C)C2)cc1)N1CC(C)CC(C)C1. The van der Waals surface area contributed by atoms with E-state index < -0.39 is 0 Å². The number of piperidine rings is 1. The summed E-state index contributed by atoms with van der Waals surface area (Å²) >= 11 is 0. The molecule has 4 atom stereocenters. The van der Waals surface area contributed by atoms with Crippen LogP contribution in [0, 0.1) is 11.8 Å². The van der Waals surface area contributed by atoms with Crippen molar-refractivity contribution < 1.29 is 9.53 Å². The van der Waals surface area contributed by atoms with Crippen LogP contribution in [0.4, 0.5) is 0 Å². The van der Waals surface area contributed by atoms with Gasteiger partial charge in [-0.05, 0) is 49.8 Å². The standard InChI is InChI=1S/C23H36N4O2/c1-16-10-17(2)13-27(12-16)23(24-5)25-11-20-6-8-21(9-7-20)22(28)26-14-18(3)29-19(4)15-26/h6-9,16-19H,10-15H2,1-5H3,(H,24,25). The van der Waals surface area contributed by atoms with Gasteiger partial charge in [0.15, 0.2) is 5.96 Å². The minimum Gasteiger partial charge on any atom is -0.372 e. The lowest BCUT2D eigenvalue weighted by Crippen LogP contribution is -2.48. The van der Waals surface area contributed by atoms with Crippen LogP contribution in [0.5, 0.6) is 0 Å². The Morgan fingerprint density at radius 3 is 2.14 bits per heavy atom. The number of benzene rings is 1. The average Bonchev–Trinajstić information content (AvgIpc) is 2.67. The molecule has 0 bridgehead atoms. The van der Waals surface area contributed by atoms with Crippen molar-refractivity contribution in [2.24, 2.45) is 16.8 Å². The second-order valence-electron chi connectivity index (χ2n) is 8.92. The van der Waals surface area contributed by atoms with E-state index in [1.165, 1.54) is 6.42 Å². The summed E-state index contributed by atoms with van der Waals surface area (Å²) in [5, 5.41) is 3.48. The molecule has 1 amide bonds. The van der Waals surface area contributed by atoms with Crippen molar-refractivity contribution >= 4 is 11.9 Å². The topological polar surface area (TPSA) is 57.2 Å². The van der Waals surface area contributed by atoms with Gasteiger partial charge >= 0.3 is 0 Å². The average molecular weight is 401 g/mol. The number of rotatable bonds is 3. The molecule has 2 heterocycles. The molecule has 6 heteroatoms. The maximum atomic E-state index is 12.8. The van der Waals surface area contributed by atoms with E-state index in [-0.39, 0.29) is 18.1 Å². The molecule has 0 aliphatic carbocycles. The first-order chi connectivity index (χ1) is 13.9. The molecule has 1 aromatic rings. The minimum absolute atomic E-state index is 0.0816. The Labute approximate surface area is 175 Å². The molecule has 0 aromatic heterocycles. The summed E-state index contributed by atoms with van der Waals surface area (Å²) in [7, 11) is 1.85. The van der Waals surface area contributed by atoms with E-state index in [1.54, 1.807) is 0 Å². The maximum absolute atomic E-state index is 12.8. The fourth-order valence-electron chi connectivity index (χ4n) is 4.64. The van der Waals surface area contributed by atoms with Crippen LogP contribution in [0.15, 0.2) is 29.3 Å². The molecule has 0 radical (unpaired) electrons. The van der Waals surface area contributed by atoms with E-state index in [9.17, 15) is 4.79 Å². The Morgan fingerprint density at radius 2 is 1.59 bits per heavy atom. The third-order valence-corrected chi connectivity index (χ3v) is 5.74. The molecule has 6 nitrogen and oxygen atoms in total. The van der Waals surface area contributed by atoms with E-state index in [0.29, 0.717) is 31.5 Å². The fourth-order valence-corrected chi connectivity index (χ4v) is 4.64. The van der Waals surface area contributed by atoms with Gasteiger partial charge in [0.05, 0.1) is 12.2 Å². The van der Waals surface area contributed by atoms with E-state index >= 15 is 0 Å². The number of likely N-dealkylation sites (tertiary alicyclic amines) is 1. The van der Waals surface area contributed by atoms with E-state index in [0.717, 1.165) is 30.2 Å².